The van der Waals surface area contributed by atoms with Gasteiger partial charge in [-0.25, -0.2) is 9.69 Å². The number of amides is 2. The van der Waals surface area contributed by atoms with Crippen molar-refractivity contribution in [3.63, 3.8) is 0 Å². The largest absolute Gasteiger partial charge is 0.541 e. The highest BCUT2D eigenvalue weighted by Crippen LogP contribution is 2.23. The van der Waals surface area contributed by atoms with Crippen molar-refractivity contribution in [2.75, 3.05) is 6.61 Å². The number of cyclic esters (lactones) is 1. The van der Waals surface area contributed by atoms with E-state index in [-0.39, 0.29) is 24.5 Å². The number of hydrogen-bond acceptors (Lipinski definition) is 4. The van der Waals surface area contributed by atoms with Gasteiger partial charge in [0.2, 0.25) is 0 Å². The summed E-state index contributed by atoms with van der Waals surface area (Å²) in [6, 6.07) is 40.4. The second kappa shape index (κ2) is 13.8. The molecule has 4 aromatic rings. The molecule has 4 aromatic carbocycles. The maximum Gasteiger partial charge on any atom is 0.417 e. The average molecular weight is 574 g/mol. The first-order valence-electron chi connectivity index (χ1n) is 14.3. The van der Waals surface area contributed by atoms with Crippen molar-refractivity contribution in [2.24, 2.45) is 0 Å². The van der Waals surface area contributed by atoms with Crippen molar-refractivity contribution in [3.05, 3.63) is 157 Å². The number of imide groups is 1. The first-order valence-corrected chi connectivity index (χ1v) is 16.7. The number of rotatable bonds is 11. The molecule has 6 heteroatoms. The summed E-state index contributed by atoms with van der Waals surface area (Å²) in [5, 5.41) is 2.37. The average Bonchev–Trinajstić information content (AvgIpc) is 3.41. The van der Waals surface area contributed by atoms with E-state index in [4.69, 9.17) is 9.16 Å². The maximum atomic E-state index is 13.1. The molecule has 42 heavy (non-hydrogen) atoms. The number of ether oxygens (including phenoxy) is 1. The molecule has 5 nitrogen and oxygen atoms in total. The fraction of sp³-hybridized carbons (Fsp3) is 0.167. The van der Waals surface area contributed by atoms with Gasteiger partial charge in [-0.05, 0) is 53.0 Å². The highest BCUT2D eigenvalue weighted by Gasteiger charge is 2.37. The van der Waals surface area contributed by atoms with Crippen LogP contribution in [0.4, 0.5) is 4.79 Å². The lowest BCUT2D eigenvalue weighted by atomic mass is 9.95. The van der Waals surface area contributed by atoms with Crippen LogP contribution in [0.3, 0.4) is 0 Å². The first-order chi connectivity index (χ1) is 20.5. The monoisotopic (exact) mass is 573 g/mol. The fourth-order valence-electron chi connectivity index (χ4n) is 5.27. The van der Waals surface area contributed by atoms with Gasteiger partial charge in [0.15, 0.2) is 0 Å². The quantitative estimate of drug-likeness (QED) is 0.121. The van der Waals surface area contributed by atoms with Gasteiger partial charge in [0.05, 0.1) is 12.3 Å². The molecule has 0 aliphatic carbocycles. The minimum atomic E-state index is -2.50. The number of carbonyl (C=O) groups is 2. The summed E-state index contributed by atoms with van der Waals surface area (Å²) in [6.45, 7) is 2.41. The molecule has 1 aliphatic rings. The molecule has 1 heterocycles. The molecule has 2 amide bonds. The third-order valence-electron chi connectivity index (χ3n) is 7.65. The van der Waals surface area contributed by atoms with Gasteiger partial charge in [-0.2, -0.15) is 0 Å². The SMILES string of the molecule is C[Si](O/C=C\[C@H](C/C=C/C(=O)N1C(=O)OC[C@@H]1Cc1ccccc1)c1ccccc1)(c1ccccc1)c1ccccc1. The van der Waals surface area contributed by atoms with E-state index in [1.54, 1.807) is 0 Å². The zero-order valence-electron chi connectivity index (χ0n) is 23.7. The van der Waals surface area contributed by atoms with Crippen LogP contribution in [-0.2, 0) is 20.4 Å². The van der Waals surface area contributed by atoms with E-state index in [2.05, 4.69) is 49.0 Å². The molecule has 0 unspecified atom stereocenters. The van der Waals surface area contributed by atoms with Gasteiger partial charge in [0.1, 0.15) is 6.61 Å². The second-order valence-corrected chi connectivity index (χ2v) is 14.0. The van der Waals surface area contributed by atoms with Crippen LogP contribution in [0.25, 0.3) is 0 Å². The summed E-state index contributed by atoms with van der Waals surface area (Å²) in [5.74, 6) is -0.385. The van der Waals surface area contributed by atoms with E-state index in [9.17, 15) is 9.59 Å². The molecular formula is C36H35NO4Si. The molecule has 0 radical (unpaired) electrons. The van der Waals surface area contributed by atoms with E-state index >= 15 is 0 Å². The Morgan fingerprint density at radius 2 is 1.43 bits per heavy atom. The number of hydrogen-bond donors (Lipinski definition) is 0. The molecule has 0 spiro atoms. The van der Waals surface area contributed by atoms with Gasteiger partial charge in [0.25, 0.3) is 5.91 Å². The fourth-order valence-corrected chi connectivity index (χ4v) is 7.89. The molecule has 212 valence electrons. The molecule has 1 saturated heterocycles. The van der Waals surface area contributed by atoms with Gasteiger partial charge >= 0.3 is 14.4 Å². The van der Waals surface area contributed by atoms with E-state index in [1.807, 2.05) is 97.3 Å². The normalized spacial score (nSPS) is 16.1. The van der Waals surface area contributed by atoms with Gasteiger partial charge in [0, 0.05) is 5.92 Å². The molecule has 0 aromatic heterocycles. The lowest BCUT2D eigenvalue weighted by Crippen LogP contribution is -2.57. The van der Waals surface area contributed by atoms with Crippen molar-refractivity contribution in [3.8, 4) is 0 Å². The lowest BCUT2D eigenvalue weighted by molar-refractivity contribution is -0.124. The Labute approximate surface area is 248 Å². The number of allylic oxidation sites excluding steroid dienone is 2. The van der Waals surface area contributed by atoms with E-state index < -0.39 is 14.4 Å². The summed E-state index contributed by atoms with van der Waals surface area (Å²) >= 11 is 0. The molecule has 0 saturated carbocycles. The molecule has 1 aliphatic heterocycles. The van der Waals surface area contributed by atoms with Crippen LogP contribution >= 0.6 is 0 Å². The van der Waals surface area contributed by atoms with Crippen molar-refractivity contribution >= 4 is 30.7 Å². The van der Waals surface area contributed by atoms with Crippen LogP contribution in [0.5, 0.6) is 0 Å². The third-order valence-corrected chi connectivity index (χ3v) is 11.1. The Hall–Kier alpha value is -4.68. The highest BCUT2D eigenvalue weighted by molar-refractivity contribution is 6.96. The van der Waals surface area contributed by atoms with Crippen LogP contribution in [0, 0.1) is 0 Å². The summed E-state index contributed by atoms with van der Waals surface area (Å²) in [5.41, 5.74) is 2.16. The number of nitrogens with zero attached hydrogens (tertiary/aromatic N) is 1. The predicted octanol–water partition coefficient (Wildman–Crippen LogP) is 6.23. The summed E-state index contributed by atoms with van der Waals surface area (Å²) in [7, 11) is -2.50. The standard InChI is InChI=1S/C36H35NO4Si/c1-42(33-20-10-4-11-21-33,34-22-12-5-13-23-34)41-26-25-31(30-17-8-3-9-18-30)19-14-24-35(38)37-32(28-40-36(37)39)27-29-15-6-2-7-16-29/h2-18,20-26,31-32H,19,27-28H2,1H3/b24-14+,26-25-/t31-,32-/m0/s1. The van der Waals surface area contributed by atoms with Crippen LogP contribution in [0.1, 0.15) is 23.5 Å². The van der Waals surface area contributed by atoms with Gasteiger partial charge in [-0.1, -0.05) is 127 Å². The minimum Gasteiger partial charge on any atom is -0.541 e. The van der Waals surface area contributed by atoms with Crippen LogP contribution in [0.15, 0.2) is 146 Å². The van der Waals surface area contributed by atoms with Gasteiger partial charge < -0.3 is 9.16 Å². The molecule has 2 atom stereocenters. The van der Waals surface area contributed by atoms with E-state index in [1.165, 1.54) is 21.3 Å². The predicted molar refractivity (Wildman–Crippen MR) is 169 cm³/mol. The molecule has 0 bridgehead atoms. The highest BCUT2D eigenvalue weighted by atomic mass is 28.4. The first kappa shape index (κ1) is 28.8. The Kier molecular flexibility index (Phi) is 9.47. The van der Waals surface area contributed by atoms with Crippen molar-refractivity contribution < 1.29 is 18.8 Å². The Morgan fingerprint density at radius 3 is 2.02 bits per heavy atom. The zero-order valence-corrected chi connectivity index (χ0v) is 24.7. The molecular weight excluding hydrogens is 538 g/mol. The summed E-state index contributed by atoms with van der Waals surface area (Å²) < 4.78 is 11.9. The van der Waals surface area contributed by atoms with Crippen LogP contribution in [-0.4, -0.2) is 37.9 Å². The molecule has 5 rings (SSSR count). The molecule has 1 fully saturated rings. The number of benzene rings is 4. The van der Waals surface area contributed by atoms with Crippen molar-refractivity contribution in [2.45, 2.75) is 31.3 Å². The van der Waals surface area contributed by atoms with Crippen molar-refractivity contribution in [1.29, 1.82) is 0 Å². The third kappa shape index (κ3) is 6.96. The zero-order chi connectivity index (χ0) is 29.2. The number of carbonyl (C=O) groups excluding carboxylic acids is 2. The van der Waals surface area contributed by atoms with Crippen LogP contribution < -0.4 is 10.4 Å². The lowest BCUT2D eigenvalue weighted by Gasteiger charge is -2.27. The van der Waals surface area contributed by atoms with Crippen molar-refractivity contribution in [1.82, 2.24) is 4.90 Å². The summed E-state index contributed by atoms with van der Waals surface area (Å²) in [4.78, 5) is 26.8. The topological polar surface area (TPSA) is 55.8 Å². The maximum absolute atomic E-state index is 13.1. The minimum absolute atomic E-state index is 0.0225. The van der Waals surface area contributed by atoms with Gasteiger partial charge in [-0.3, -0.25) is 4.79 Å². The Morgan fingerprint density at radius 1 is 0.881 bits per heavy atom. The van der Waals surface area contributed by atoms with E-state index in [0.717, 1.165) is 11.1 Å². The molecule has 0 N–H and O–H groups in total. The Bertz CT molecular complexity index is 1470. The van der Waals surface area contributed by atoms with E-state index in [0.29, 0.717) is 12.8 Å². The Balaban J connectivity index is 1.31. The van der Waals surface area contributed by atoms with Gasteiger partial charge in [-0.15, -0.1) is 0 Å². The second-order valence-electron chi connectivity index (χ2n) is 10.5. The smallest absolute Gasteiger partial charge is 0.417 e. The summed E-state index contributed by atoms with van der Waals surface area (Å²) in [6.07, 6.45) is 7.74. The van der Waals surface area contributed by atoms with Crippen LogP contribution in [0.2, 0.25) is 6.55 Å².